The molecule has 1 aromatic carbocycles. The molecule has 1 saturated carbocycles. The molecule has 0 unspecified atom stereocenters. The van der Waals surface area contributed by atoms with Crippen LogP contribution in [-0.4, -0.2) is 76.9 Å². The van der Waals surface area contributed by atoms with Gasteiger partial charge in [-0.05, 0) is 31.0 Å². The van der Waals surface area contributed by atoms with E-state index in [1.165, 1.54) is 22.5 Å². The van der Waals surface area contributed by atoms with Crippen LogP contribution in [0.3, 0.4) is 0 Å². The fraction of sp³-hybridized carbons (Fsp3) is 0.524. The number of H-pyrrole nitrogens is 1. The number of nitrogens with zero attached hydrogens (tertiary/aromatic N) is 4. The lowest BCUT2D eigenvalue weighted by atomic mass is 9.95. The Morgan fingerprint density at radius 2 is 1.97 bits per heavy atom. The molecule has 2 N–H and O–H groups in total. The largest absolute Gasteiger partial charge is 0.379 e. The van der Waals surface area contributed by atoms with Gasteiger partial charge in [0.25, 0.3) is 0 Å². The zero-order chi connectivity index (χ0) is 22.8. The maximum absolute atomic E-state index is 13.0. The molecule has 1 aliphatic carbocycles. The van der Waals surface area contributed by atoms with Gasteiger partial charge in [0.2, 0.25) is 21.1 Å². The van der Waals surface area contributed by atoms with Crippen LogP contribution in [0, 0.1) is 0 Å². The average Bonchev–Trinajstić information content (AvgIpc) is 3.21. The quantitative estimate of drug-likeness (QED) is 0.502. The third kappa shape index (κ3) is 4.84. The third-order valence-electron chi connectivity index (χ3n) is 6.08. The maximum atomic E-state index is 13.0. The number of fused-ring (bicyclic) bond motifs is 3. The molecule has 0 spiro atoms. The van der Waals surface area contributed by atoms with E-state index in [2.05, 4.69) is 25.5 Å². The number of amides is 1. The highest BCUT2D eigenvalue weighted by Crippen LogP contribution is 2.28. The normalized spacial score (nSPS) is 18.7. The molecule has 0 bridgehead atoms. The number of hydrogen-bond donors (Lipinski definition) is 2. The van der Waals surface area contributed by atoms with Gasteiger partial charge in [-0.15, -0.1) is 10.2 Å². The van der Waals surface area contributed by atoms with E-state index < -0.39 is 10.0 Å². The molecular formula is C21H26N6O4S2. The average molecular weight is 491 g/mol. The van der Waals surface area contributed by atoms with Crippen LogP contribution in [0.15, 0.2) is 28.3 Å². The fourth-order valence-electron chi connectivity index (χ4n) is 4.34. The summed E-state index contributed by atoms with van der Waals surface area (Å²) in [6.45, 7) is 1.46. The highest BCUT2D eigenvalue weighted by molar-refractivity contribution is 7.99. The molecule has 2 aliphatic rings. The van der Waals surface area contributed by atoms with Crippen molar-refractivity contribution >= 4 is 49.8 Å². The van der Waals surface area contributed by atoms with Crippen LogP contribution < -0.4 is 5.32 Å². The van der Waals surface area contributed by atoms with Crippen molar-refractivity contribution in [2.75, 3.05) is 32.1 Å². The van der Waals surface area contributed by atoms with Gasteiger partial charge in [-0.1, -0.05) is 31.0 Å². The van der Waals surface area contributed by atoms with Crippen LogP contribution >= 0.6 is 11.8 Å². The van der Waals surface area contributed by atoms with Gasteiger partial charge in [-0.3, -0.25) is 4.79 Å². The molecular weight excluding hydrogens is 464 g/mol. The molecule has 3 heterocycles. The van der Waals surface area contributed by atoms with Crippen LogP contribution in [0.1, 0.15) is 32.1 Å². The number of benzene rings is 1. The number of morpholine rings is 1. The predicted octanol–water partition coefficient (Wildman–Crippen LogP) is 2.07. The first-order valence-electron chi connectivity index (χ1n) is 11.2. The smallest absolute Gasteiger partial charge is 0.243 e. The number of carbonyl (C=O) groups is 1. The lowest BCUT2D eigenvalue weighted by Crippen LogP contribution is -2.40. The summed E-state index contributed by atoms with van der Waals surface area (Å²) in [6.07, 6.45) is 5.65. The van der Waals surface area contributed by atoms with Crippen molar-refractivity contribution in [1.82, 2.24) is 29.8 Å². The molecule has 176 valence electrons. The molecule has 33 heavy (non-hydrogen) atoms. The van der Waals surface area contributed by atoms with Gasteiger partial charge in [0.1, 0.15) is 5.52 Å². The van der Waals surface area contributed by atoms with Gasteiger partial charge in [0, 0.05) is 30.0 Å². The number of thioether (sulfide) groups is 1. The summed E-state index contributed by atoms with van der Waals surface area (Å²) in [5.74, 6) is 0.205. The molecule has 2 aromatic heterocycles. The number of hydrogen-bond acceptors (Lipinski definition) is 8. The number of rotatable bonds is 6. The Morgan fingerprint density at radius 1 is 1.18 bits per heavy atom. The summed E-state index contributed by atoms with van der Waals surface area (Å²) < 4.78 is 32.7. The predicted molar refractivity (Wildman–Crippen MR) is 125 cm³/mol. The van der Waals surface area contributed by atoms with Crippen molar-refractivity contribution in [1.29, 1.82) is 0 Å². The van der Waals surface area contributed by atoms with Crippen LogP contribution in [0.2, 0.25) is 0 Å². The third-order valence-corrected chi connectivity index (χ3v) is 8.81. The lowest BCUT2D eigenvalue weighted by molar-refractivity contribution is -0.119. The number of sulfonamides is 1. The van der Waals surface area contributed by atoms with E-state index in [0.29, 0.717) is 48.0 Å². The van der Waals surface area contributed by atoms with E-state index in [1.54, 1.807) is 18.2 Å². The molecule has 1 aliphatic heterocycles. The molecule has 0 atom stereocenters. The molecule has 1 saturated heterocycles. The van der Waals surface area contributed by atoms with E-state index in [4.69, 9.17) is 4.74 Å². The first-order valence-corrected chi connectivity index (χ1v) is 13.6. The zero-order valence-corrected chi connectivity index (χ0v) is 19.8. The Bertz CT molecular complexity index is 1270. The minimum atomic E-state index is -3.62. The van der Waals surface area contributed by atoms with Gasteiger partial charge in [0.05, 0.1) is 23.9 Å². The molecule has 12 heteroatoms. The van der Waals surface area contributed by atoms with Crippen LogP contribution in [0.4, 0.5) is 0 Å². The summed E-state index contributed by atoms with van der Waals surface area (Å²) >= 11 is 1.24. The zero-order valence-electron chi connectivity index (χ0n) is 18.1. The first-order chi connectivity index (χ1) is 16.0. The van der Waals surface area contributed by atoms with Crippen molar-refractivity contribution in [2.45, 2.75) is 48.2 Å². The first kappa shape index (κ1) is 22.5. The second-order valence-corrected chi connectivity index (χ2v) is 11.2. The topological polar surface area (TPSA) is 130 Å². The summed E-state index contributed by atoms with van der Waals surface area (Å²) in [4.78, 5) is 20.1. The number of ether oxygens (including phenoxy) is 1. The van der Waals surface area contributed by atoms with Crippen molar-refractivity contribution in [3.8, 4) is 0 Å². The molecule has 0 radical (unpaired) electrons. The highest BCUT2D eigenvalue weighted by Gasteiger charge is 2.27. The molecule has 2 fully saturated rings. The SMILES string of the molecule is O=C(CSc1nnc2c(n1)[nH]c1ccc(S(=O)(=O)N3CCOCC3)cc12)NC1CCCCC1. The van der Waals surface area contributed by atoms with Gasteiger partial charge in [-0.2, -0.15) is 4.31 Å². The van der Waals surface area contributed by atoms with Crippen molar-refractivity contribution < 1.29 is 17.9 Å². The van der Waals surface area contributed by atoms with Gasteiger partial charge >= 0.3 is 0 Å². The standard InChI is InChI=1S/C21H26N6O4S2/c28-18(22-14-4-2-1-3-5-14)13-32-21-24-20-19(25-26-21)16-12-15(6-7-17(16)23-20)33(29,30)27-8-10-31-11-9-27/h6-7,12,14H,1-5,8-11,13H2,(H,22,28)(H,23,24,26). The van der Waals surface area contributed by atoms with Crippen LogP contribution in [0.25, 0.3) is 22.1 Å². The molecule has 10 nitrogen and oxygen atoms in total. The number of nitrogens with one attached hydrogen (secondary N) is 2. The maximum Gasteiger partial charge on any atom is 0.243 e. The summed E-state index contributed by atoms with van der Waals surface area (Å²) in [5.41, 5.74) is 1.74. The van der Waals surface area contributed by atoms with E-state index in [1.807, 2.05) is 0 Å². The Labute approximate surface area is 195 Å². The van der Waals surface area contributed by atoms with Crippen LogP contribution in [0.5, 0.6) is 0 Å². The minimum absolute atomic E-state index is 0.0230. The molecule has 5 rings (SSSR count). The summed E-state index contributed by atoms with van der Waals surface area (Å²) in [6, 6.07) is 5.18. The Morgan fingerprint density at radius 3 is 2.76 bits per heavy atom. The summed E-state index contributed by atoms with van der Waals surface area (Å²) in [7, 11) is -3.62. The van der Waals surface area contributed by atoms with Crippen LogP contribution in [-0.2, 0) is 19.6 Å². The number of aromatic amines is 1. The van der Waals surface area contributed by atoms with Gasteiger partial charge < -0.3 is 15.0 Å². The van der Waals surface area contributed by atoms with E-state index in [9.17, 15) is 13.2 Å². The Balaban J connectivity index is 1.32. The molecule has 1 amide bonds. The van der Waals surface area contributed by atoms with Crippen molar-refractivity contribution in [3.05, 3.63) is 18.2 Å². The number of carbonyl (C=O) groups excluding carboxylic acids is 1. The summed E-state index contributed by atoms with van der Waals surface area (Å²) in [5, 5.41) is 12.6. The van der Waals surface area contributed by atoms with Crippen molar-refractivity contribution in [2.24, 2.45) is 0 Å². The minimum Gasteiger partial charge on any atom is -0.379 e. The van der Waals surface area contributed by atoms with E-state index >= 15 is 0 Å². The Kier molecular flexibility index (Phi) is 6.50. The number of aromatic nitrogens is 4. The van der Waals surface area contributed by atoms with Gasteiger partial charge in [-0.25, -0.2) is 13.4 Å². The lowest BCUT2D eigenvalue weighted by Gasteiger charge is -2.26. The van der Waals surface area contributed by atoms with E-state index in [-0.39, 0.29) is 22.6 Å². The van der Waals surface area contributed by atoms with Gasteiger partial charge in [0.15, 0.2) is 5.65 Å². The monoisotopic (exact) mass is 490 g/mol. The highest BCUT2D eigenvalue weighted by atomic mass is 32.2. The second-order valence-electron chi connectivity index (χ2n) is 8.33. The fourth-order valence-corrected chi connectivity index (χ4v) is 6.37. The Hall–Kier alpha value is -2.28. The second kappa shape index (κ2) is 9.53. The van der Waals surface area contributed by atoms with E-state index in [0.717, 1.165) is 31.2 Å². The molecule has 3 aromatic rings. The van der Waals surface area contributed by atoms with Crippen molar-refractivity contribution in [3.63, 3.8) is 0 Å².